The molecule has 0 aromatic heterocycles. The summed E-state index contributed by atoms with van der Waals surface area (Å²) < 4.78 is 0. The predicted molar refractivity (Wildman–Crippen MR) is 129 cm³/mol. The first-order chi connectivity index (χ1) is 14.3. The molecule has 0 aliphatic heterocycles. The lowest BCUT2D eigenvalue weighted by Crippen LogP contribution is -2.37. The number of fused-ring (bicyclic) bond motifs is 1. The van der Waals surface area contributed by atoms with E-state index in [1.54, 1.807) is 5.57 Å². The maximum Gasteiger partial charge on any atom is 0.0814 e. The third-order valence-electron chi connectivity index (χ3n) is 8.69. The molecule has 176 valence electrons. The molecule has 3 N–H and O–H groups in total. The van der Waals surface area contributed by atoms with E-state index in [1.165, 1.54) is 32.1 Å². The average molecular weight is 431 g/mol. The Kier molecular flexibility index (Phi) is 7.30. The number of rotatable bonds is 6. The zero-order chi connectivity index (χ0) is 23.0. The average Bonchev–Trinajstić information content (AvgIpc) is 2.99. The summed E-state index contributed by atoms with van der Waals surface area (Å²) in [4.78, 5) is 0. The second kappa shape index (κ2) is 9.15. The topological polar surface area (TPSA) is 60.7 Å². The quantitative estimate of drug-likeness (QED) is 0.477. The van der Waals surface area contributed by atoms with Crippen LogP contribution < -0.4 is 0 Å². The van der Waals surface area contributed by atoms with Crippen molar-refractivity contribution in [2.24, 2.45) is 23.2 Å². The number of aliphatic hydroxyl groups is 3. The van der Waals surface area contributed by atoms with Crippen molar-refractivity contribution in [1.82, 2.24) is 0 Å². The zero-order valence-corrected chi connectivity index (χ0v) is 20.6. The highest BCUT2D eigenvalue weighted by Gasteiger charge is 2.50. The Morgan fingerprint density at radius 2 is 1.94 bits per heavy atom. The van der Waals surface area contributed by atoms with E-state index < -0.39 is 17.3 Å². The SMILES string of the molecule is C=C1/C(=C\C=C2/CCC[C@]3(C)[C@@H]([C@@H](C)CCCC(C)(C)O)CC[C@@H]23)C[C@](C)(O)C[C@@H]1O. The fraction of sp³-hybridized carbons (Fsp3) is 0.786. The van der Waals surface area contributed by atoms with E-state index in [2.05, 4.69) is 32.6 Å². The molecule has 0 aromatic carbocycles. The largest absolute Gasteiger partial charge is 0.390 e. The Labute approximate surface area is 190 Å². The van der Waals surface area contributed by atoms with Crippen LogP contribution in [0.15, 0.2) is 35.5 Å². The van der Waals surface area contributed by atoms with Crippen LogP contribution in [0.25, 0.3) is 0 Å². The minimum atomic E-state index is -0.858. The maximum atomic E-state index is 10.5. The predicted octanol–water partition coefficient (Wildman–Crippen LogP) is 6.09. The number of hydrogen-bond donors (Lipinski definition) is 3. The van der Waals surface area contributed by atoms with Gasteiger partial charge in [0, 0.05) is 12.8 Å². The van der Waals surface area contributed by atoms with Gasteiger partial charge in [-0.1, -0.05) is 51.0 Å². The van der Waals surface area contributed by atoms with Gasteiger partial charge in [-0.05, 0) is 93.6 Å². The molecule has 0 radical (unpaired) electrons. The molecule has 0 bridgehead atoms. The molecule has 0 unspecified atom stereocenters. The fourth-order valence-corrected chi connectivity index (χ4v) is 7.00. The summed E-state index contributed by atoms with van der Waals surface area (Å²) in [6.45, 7) is 14.7. The maximum absolute atomic E-state index is 10.5. The van der Waals surface area contributed by atoms with Crippen LogP contribution in [-0.2, 0) is 0 Å². The van der Waals surface area contributed by atoms with E-state index in [9.17, 15) is 15.3 Å². The standard InChI is InChI=1S/C28H46O3/c1-19(9-7-15-26(3,4)30)23-13-14-24-21(10-8-16-28(23,24)6)11-12-22-17-27(5,31)18-25(29)20(22)2/h11-12,19,23-25,29-31H,2,7-10,13-18H2,1,3-6H3/b21-11+,22-12-/t19-,23+,24-,25-,27-,28+/m0/s1. The molecule has 3 saturated carbocycles. The van der Waals surface area contributed by atoms with Gasteiger partial charge in [0.2, 0.25) is 0 Å². The summed E-state index contributed by atoms with van der Waals surface area (Å²) in [5, 5.41) is 30.8. The van der Waals surface area contributed by atoms with Crippen molar-refractivity contribution in [3.05, 3.63) is 35.5 Å². The molecule has 0 aromatic rings. The molecule has 3 rings (SSSR count). The summed E-state index contributed by atoms with van der Waals surface area (Å²) in [6.07, 6.45) is 14.2. The minimum Gasteiger partial charge on any atom is -0.390 e. The van der Waals surface area contributed by atoms with Gasteiger partial charge >= 0.3 is 0 Å². The van der Waals surface area contributed by atoms with Crippen molar-refractivity contribution in [3.63, 3.8) is 0 Å². The van der Waals surface area contributed by atoms with Crippen LogP contribution in [0.2, 0.25) is 0 Å². The van der Waals surface area contributed by atoms with Gasteiger partial charge in [-0.3, -0.25) is 0 Å². The molecular weight excluding hydrogens is 384 g/mol. The molecule has 3 aliphatic rings. The van der Waals surface area contributed by atoms with Crippen LogP contribution in [0.5, 0.6) is 0 Å². The van der Waals surface area contributed by atoms with Crippen molar-refractivity contribution in [3.8, 4) is 0 Å². The second-order valence-electron chi connectivity index (χ2n) is 12.1. The molecule has 0 heterocycles. The van der Waals surface area contributed by atoms with E-state index in [0.717, 1.165) is 36.3 Å². The molecule has 6 atom stereocenters. The second-order valence-corrected chi connectivity index (χ2v) is 12.1. The van der Waals surface area contributed by atoms with Gasteiger partial charge in [0.05, 0.1) is 17.3 Å². The summed E-state index contributed by atoms with van der Waals surface area (Å²) >= 11 is 0. The summed E-state index contributed by atoms with van der Waals surface area (Å²) in [7, 11) is 0. The summed E-state index contributed by atoms with van der Waals surface area (Å²) in [6, 6.07) is 0. The van der Waals surface area contributed by atoms with E-state index >= 15 is 0 Å². The van der Waals surface area contributed by atoms with Gasteiger partial charge in [-0.2, -0.15) is 0 Å². The van der Waals surface area contributed by atoms with Gasteiger partial charge in [0.25, 0.3) is 0 Å². The molecule has 3 heteroatoms. The van der Waals surface area contributed by atoms with E-state index in [-0.39, 0.29) is 0 Å². The Morgan fingerprint density at radius 1 is 1.23 bits per heavy atom. The Hall–Kier alpha value is -0.900. The third-order valence-corrected chi connectivity index (χ3v) is 8.69. The lowest BCUT2D eigenvalue weighted by Gasteiger charge is -2.44. The first-order valence-corrected chi connectivity index (χ1v) is 12.5. The lowest BCUT2D eigenvalue weighted by molar-refractivity contribution is 0.00361. The first-order valence-electron chi connectivity index (χ1n) is 12.5. The highest BCUT2D eigenvalue weighted by atomic mass is 16.3. The zero-order valence-electron chi connectivity index (χ0n) is 20.6. The first kappa shape index (κ1) is 24.7. The molecule has 31 heavy (non-hydrogen) atoms. The number of allylic oxidation sites excluding steroid dienone is 3. The Bertz CT molecular complexity index is 723. The summed E-state index contributed by atoms with van der Waals surface area (Å²) in [5.41, 5.74) is 2.27. The van der Waals surface area contributed by atoms with Crippen molar-refractivity contribution < 1.29 is 15.3 Å². The van der Waals surface area contributed by atoms with Gasteiger partial charge in [-0.15, -0.1) is 0 Å². The van der Waals surface area contributed by atoms with E-state index in [0.29, 0.717) is 30.1 Å². The lowest BCUT2D eigenvalue weighted by atomic mass is 9.60. The third kappa shape index (κ3) is 5.72. The van der Waals surface area contributed by atoms with Gasteiger partial charge < -0.3 is 15.3 Å². The van der Waals surface area contributed by atoms with Crippen molar-refractivity contribution >= 4 is 0 Å². The van der Waals surface area contributed by atoms with Crippen LogP contribution in [0.3, 0.4) is 0 Å². The highest BCUT2D eigenvalue weighted by Crippen LogP contribution is 2.60. The monoisotopic (exact) mass is 430 g/mol. The number of hydrogen-bond acceptors (Lipinski definition) is 3. The molecule has 0 spiro atoms. The molecule has 3 nitrogen and oxygen atoms in total. The van der Waals surface area contributed by atoms with Gasteiger partial charge in [0.15, 0.2) is 0 Å². The Balaban J connectivity index is 1.72. The Morgan fingerprint density at radius 3 is 2.61 bits per heavy atom. The normalized spacial score (nSPS) is 40.4. The number of aliphatic hydroxyl groups excluding tert-OH is 1. The molecule has 3 fully saturated rings. The van der Waals surface area contributed by atoms with E-state index in [4.69, 9.17) is 0 Å². The van der Waals surface area contributed by atoms with Crippen LogP contribution >= 0.6 is 0 Å². The smallest absolute Gasteiger partial charge is 0.0814 e. The highest BCUT2D eigenvalue weighted by molar-refractivity contribution is 5.39. The van der Waals surface area contributed by atoms with Gasteiger partial charge in [-0.25, -0.2) is 0 Å². The van der Waals surface area contributed by atoms with Crippen LogP contribution in [-0.4, -0.2) is 32.6 Å². The van der Waals surface area contributed by atoms with E-state index in [1.807, 2.05) is 20.8 Å². The molecule has 3 aliphatic carbocycles. The fourth-order valence-electron chi connectivity index (χ4n) is 7.00. The van der Waals surface area contributed by atoms with Crippen molar-refractivity contribution in [1.29, 1.82) is 0 Å². The van der Waals surface area contributed by atoms with Crippen LogP contribution in [0.4, 0.5) is 0 Å². The van der Waals surface area contributed by atoms with Gasteiger partial charge in [0.1, 0.15) is 0 Å². The minimum absolute atomic E-state index is 0.366. The van der Waals surface area contributed by atoms with Crippen LogP contribution in [0.1, 0.15) is 98.8 Å². The summed E-state index contributed by atoms with van der Waals surface area (Å²) in [5.74, 6) is 2.09. The molecular formula is C28H46O3. The van der Waals surface area contributed by atoms with Crippen molar-refractivity contribution in [2.75, 3.05) is 0 Å². The molecule has 0 amide bonds. The molecule has 0 saturated heterocycles. The van der Waals surface area contributed by atoms with Crippen LogP contribution in [0, 0.1) is 23.2 Å². The van der Waals surface area contributed by atoms with Crippen molar-refractivity contribution in [2.45, 2.75) is 116 Å².